The van der Waals surface area contributed by atoms with E-state index < -0.39 is 0 Å². The Morgan fingerprint density at radius 3 is 1.58 bits per heavy atom. The van der Waals surface area contributed by atoms with Crippen LogP contribution in [0.25, 0.3) is 39.0 Å². The molecule has 3 heterocycles. The van der Waals surface area contributed by atoms with Gasteiger partial charge in [0.05, 0.1) is 25.5 Å². The molecule has 0 spiro atoms. The van der Waals surface area contributed by atoms with Gasteiger partial charge in [0.25, 0.3) is 6.47 Å². The molecule has 0 aliphatic heterocycles. The van der Waals surface area contributed by atoms with Crippen LogP contribution in [0.4, 0.5) is 0 Å². The molecule has 3 aromatic heterocycles. The fourth-order valence-electron chi connectivity index (χ4n) is 1.82. The van der Waals surface area contributed by atoms with Crippen molar-refractivity contribution in [2.75, 3.05) is 0 Å². The number of hydrogen-bond acceptors (Lipinski definition) is 8. The smallest absolute Gasteiger partial charge is 0.753 e. The Kier molecular flexibility index (Phi) is 16.9. The van der Waals surface area contributed by atoms with Crippen molar-refractivity contribution in [3.05, 3.63) is 77.1 Å². The number of carbonyl (C=O) groups is 1. The van der Waals surface area contributed by atoms with E-state index in [1.807, 2.05) is 0 Å². The van der Waals surface area contributed by atoms with Gasteiger partial charge in [0, 0.05) is 24.5 Å². The van der Waals surface area contributed by atoms with Gasteiger partial charge in [0.15, 0.2) is 0 Å². The van der Waals surface area contributed by atoms with Gasteiger partial charge in [0.2, 0.25) is 0 Å². The van der Waals surface area contributed by atoms with E-state index in [1.165, 1.54) is 27.9 Å². The summed E-state index contributed by atoms with van der Waals surface area (Å²) in [4.78, 5) is 23.5. The van der Waals surface area contributed by atoms with E-state index in [1.54, 1.807) is 36.4 Å². The molecule has 3 aromatic rings. The maximum atomic E-state index is 10.6. The van der Waals surface area contributed by atoms with Gasteiger partial charge in [-0.3, -0.25) is 14.8 Å². The van der Waals surface area contributed by atoms with Crippen molar-refractivity contribution in [2.24, 2.45) is 0 Å². The summed E-state index contributed by atoms with van der Waals surface area (Å²) in [7, 11) is 0. The van der Waals surface area contributed by atoms with Crippen molar-refractivity contribution in [3.8, 4) is 28.5 Å². The number of isothiocyanates is 3. The zero-order valence-corrected chi connectivity index (χ0v) is 19.5. The molecule has 0 aliphatic rings. The second-order valence-corrected chi connectivity index (χ2v) is 4.89. The number of rotatable bonds is 4. The van der Waals surface area contributed by atoms with Crippen LogP contribution in [0.15, 0.2) is 60.9 Å². The van der Waals surface area contributed by atoms with Gasteiger partial charge in [-0.05, 0) is 24.3 Å². The number of carbonyl (C=O) groups excluding carboxylic acids is 1. The Morgan fingerprint density at radius 2 is 1.26 bits per heavy atom. The molecule has 0 aromatic carbocycles. The van der Waals surface area contributed by atoms with Crippen LogP contribution >= 0.6 is 36.7 Å². The van der Waals surface area contributed by atoms with E-state index in [2.05, 4.69) is 51.6 Å². The third-order valence-corrected chi connectivity index (χ3v) is 2.72. The van der Waals surface area contributed by atoms with Gasteiger partial charge >= 0.3 is 19.5 Å². The van der Waals surface area contributed by atoms with E-state index in [0.717, 1.165) is 0 Å². The Balaban J connectivity index is 0. The van der Waals surface area contributed by atoms with Crippen LogP contribution in [0.3, 0.4) is 0 Å². The molecule has 0 unspecified atom stereocenters. The Morgan fingerprint density at radius 1 is 0.871 bits per heavy atom. The molecule has 0 bridgehead atoms. The number of hydrogen-bond donors (Lipinski definition) is 0. The zero-order chi connectivity index (χ0) is 24.4. The topological polar surface area (TPSA) is 132 Å². The first-order valence-corrected chi connectivity index (χ1v) is 8.65. The minimum Gasteiger partial charge on any atom is -0.753 e. The van der Waals surface area contributed by atoms with E-state index in [-0.39, 0.29) is 25.2 Å². The molecule has 0 fully saturated rings. The van der Waals surface area contributed by atoms with Crippen molar-refractivity contribution >= 4 is 58.6 Å². The average Bonchev–Trinajstić information content (AvgIpc) is 2.75. The first-order chi connectivity index (χ1) is 15.4. The van der Waals surface area contributed by atoms with Crippen molar-refractivity contribution in [3.63, 3.8) is 0 Å². The number of nitrogens with zero attached hydrogens (tertiary/aromatic N) is 6. The Labute approximate surface area is 210 Å². The molecule has 8 nitrogen and oxygen atoms in total. The molecule has 12 heteroatoms. The van der Waals surface area contributed by atoms with E-state index in [9.17, 15) is 4.79 Å². The Bertz CT molecular complexity index is 1060. The van der Waals surface area contributed by atoms with Crippen LogP contribution in [0.1, 0.15) is 2.74 Å². The molecule has 31 heavy (non-hydrogen) atoms. The average molecular weight is 557 g/mol. The first kappa shape index (κ1) is 26.0. The minimum absolute atomic E-state index is 0. The number of pyridine rings is 3. The predicted octanol–water partition coefficient (Wildman–Crippen LogP) is 4.71. The molecule has 0 amide bonds. The largest absolute Gasteiger partial charge is 3.00 e. The van der Waals surface area contributed by atoms with Gasteiger partial charge in [-0.2, -0.15) is 15.5 Å². The normalized spacial score (nSPS) is 8.52. The molecule has 0 saturated carbocycles. The number of aromatic nitrogens is 3. The van der Waals surface area contributed by atoms with Gasteiger partial charge in [0.1, 0.15) is 5.75 Å². The third-order valence-electron chi connectivity index (χ3n) is 2.72. The van der Waals surface area contributed by atoms with Gasteiger partial charge in [-0.15, -0.1) is 0 Å². The molecule has 155 valence electrons. The van der Waals surface area contributed by atoms with Gasteiger partial charge in [-0.1, -0.05) is 48.7 Å². The third kappa shape index (κ3) is 13.0. The summed E-state index contributed by atoms with van der Waals surface area (Å²) in [5, 5.41) is 25.4. The second-order valence-electron chi connectivity index (χ2n) is 4.34. The molecule has 0 saturated heterocycles. The second kappa shape index (κ2) is 20.2. The van der Waals surface area contributed by atoms with Crippen LogP contribution < -0.4 is 4.74 Å². The molecule has 0 aliphatic carbocycles. The summed E-state index contributed by atoms with van der Waals surface area (Å²) >= 11 is 11.1. The first-order valence-electron chi connectivity index (χ1n) is 8.42. The summed E-state index contributed by atoms with van der Waals surface area (Å²) in [6.45, 7) is 0.325. The van der Waals surface area contributed by atoms with Crippen molar-refractivity contribution < 1.29 is 31.8 Å². The molecule has 3 rings (SSSR count). The summed E-state index contributed by atoms with van der Waals surface area (Å²) in [5.41, 5.74) is 1.87. The maximum absolute atomic E-state index is 10.6. The fourth-order valence-corrected chi connectivity index (χ4v) is 1.82. The summed E-state index contributed by atoms with van der Waals surface area (Å²) in [6.07, 6.45) is 3.02. The molecule has 1 radical (unpaired) electrons. The fraction of sp³-hybridized carbons (Fsp3) is 0. The molecule has 0 atom stereocenters. The van der Waals surface area contributed by atoms with Gasteiger partial charge < -0.3 is 21.0 Å². The van der Waals surface area contributed by atoms with Crippen LogP contribution in [-0.4, -0.2) is 36.9 Å². The van der Waals surface area contributed by atoms with Crippen LogP contribution in [0.5, 0.6) is 5.75 Å². The molecular formula is C19H11N6O2RuS3. The molecular weight excluding hydrogens is 542 g/mol. The van der Waals surface area contributed by atoms with Crippen LogP contribution in [0.2, 0.25) is 0 Å². The number of thiocarbonyl (C=S) groups is 3. The van der Waals surface area contributed by atoms with E-state index >= 15 is 0 Å². The van der Waals surface area contributed by atoms with Crippen molar-refractivity contribution in [1.29, 1.82) is 0 Å². The van der Waals surface area contributed by atoms with Crippen LogP contribution in [-0.2, 0) is 24.3 Å². The van der Waals surface area contributed by atoms with Crippen LogP contribution in [0, 0.1) is 0 Å². The summed E-state index contributed by atoms with van der Waals surface area (Å²) < 4.78 is 20.3. The van der Waals surface area contributed by atoms with Crippen molar-refractivity contribution in [1.82, 2.24) is 15.0 Å². The quantitative estimate of drug-likeness (QED) is 0.195. The summed E-state index contributed by atoms with van der Waals surface area (Å²) in [6, 6.07) is 9.95. The zero-order valence-electron chi connectivity index (χ0n) is 17.3. The van der Waals surface area contributed by atoms with Crippen molar-refractivity contribution in [2.45, 2.75) is 0 Å². The standard InChI is InChI=1S/C16H11N3O2.3CNS.Ru/c20-11-21-12-9-15(13-5-1-3-7-17-13)19-16(10-12)14-6-2-4-8-18-14;3*2-1-3;/h1-11H;;;;/q;3*-1;+3/i1T,2T;;;;. The Hall–Kier alpha value is -3.06. The number of ether oxygens (including phenoxy) is 1. The summed E-state index contributed by atoms with van der Waals surface area (Å²) in [5.74, 6) is 0.286. The van der Waals surface area contributed by atoms with E-state index in [4.69, 9.17) is 23.7 Å². The molecule has 0 N–H and O–H groups in total. The van der Waals surface area contributed by atoms with Gasteiger partial charge in [-0.25, -0.2) is 4.98 Å². The predicted molar refractivity (Wildman–Crippen MR) is 125 cm³/mol. The maximum Gasteiger partial charge on any atom is 3.00 e. The SMILES string of the molecule is [3H]c1ccnc(-c2cc(OC=O)cc(-c3cc([3H])ccn3)n2)c1.[N-]=C=S.[N-]=C=S.[N-]=C=S.[Ru+3]. The van der Waals surface area contributed by atoms with E-state index in [0.29, 0.717) is 41.3 Å². The minimum atomic E-state index is 0. The monoisotopic (exact) mass is 557 g/mol.